The van der Waals surface area contributed by atoms with E-state index >= 15 is 0 Å². The molecule has 1 aliphatic rings. The maximum absolute atomic E-state index is 10.6. The van der Waals surface area contributed by atoms with Crippen LogP contribution in [0.5, 0.6) is 0 Å². The number of nitrogens with zero attached hydrogens (tertiary/aromatic N) is 3. The number of piperazine rings is 1. The van der Waals surface area contributed by atoms with E-state index in [1.165, 1.54) is 6.92 Å². The molecule has 0 aromatic heterocycles. The summed E-state index contributed by atoms with van der Waals surface area (Å²) in [4.78, 5) is 17.7. The van der Waals surface area contributed by atoms with Gasteiger partial charge < -0.3 is 9.64 Å². The topological polar surface area (TPSA) is 36.0 Å². The molecule has 100 valence electrons. The Balaban J connectivity index is 2.07. The van der Waals surface area contributed by atoms with E-state index in [1.54, 1.807) is 0 Å². The fourth-order valence-corrected chi connectivity index (χ4v) is 1.90. The molecule has 5 heteroatoms. The molecule has 0 aliphatic carbocycles. The number of esters is 1. The van der Waals surface area contributed by atoms with Crippen molar-refractivity contribution in [3.05, 3.63) is 0 Å². The zero-order chi connectivity index (χ0) is 12.7. The second-order valence-electron chi connectivity index (χ2n) is 4.83. The van der Waals surface area contributed by atoms with E-state index in [4.69, 9.17) is 4.74 Å². The first-order valence-electron chi connectivity index (χ1n) is 6.30. The van der Waals surface area contributed by atoms with Gasteiger partial charge in [-0.25, -0.2) is 0 Å². The highest BCUT2D eigenvalue weighted by Crippen LogP contribution is 2.01. The molecule has 1 saturated heterocycles. The Labute approximate surface area is 104 Å². The molecule has 1 fully saturated rings. The largest absolute Gasteiger partial charge is 0.465 e. The van der Waals surface area contributed by atoms with Crippen molar-refractivity contribution in [3.63, 3.8) is 0 Å². The molecule has 0 amide bonds. The van der Waals surface area contributed by atoms with Gasteiger partial charge in [0.25, 0.3) is 0 Å². The highest BCUT2D eigenvalue weighted by Gasteiger charge is 2.16. The quantitative estimate of drug-likeness (QED) is 0.600. The molecule has 1 rings (SSSR count). The fraction of sp³-hybridized carbons (Fsp3) is 0.917. The minimum atomic E-state index is -0.186. The molecule has 0 unspecified atom stereocenters. The molecule has 0 spiro atoms. The highest BCUT2D eigenvalue weighted by atomic mass is 16.5. The molecule has 1 heterocycles. The Hall–Kier alpha value is -0.650. The lowest BCUT2D eigenvalue weighted by molar-refractivity contribution is -0.141. The van der Waals surface area contributed by atoms with Gasteiger partial charge >= 0.3 is 5.97 Å². The summed E-state index contributed by atoms with van der Waals surface area (Å²) < 4.78 is 4.95. The van der Waals surface area contributed by atoms with Crippen LogP contribution in [0.15, 0.2) is 0 Å². The van der Waals surface area contributed by atoms with Crippen LogP contribution in [0.4, 0.5) is 0 Å². The van der Waals surface area contributed by atoms with Gasteiger partial charge in [0.1, 0.15) is 6.61 Å². The van der Waals surface area contributed by atoms with Crippen molar-refractivity contribution in [1.29, 1.82) is 0 Å². The monoisotopic (exact) mass is 243 g/mol. The van der Waals surface area contributed by atoms with Gasteiger partial charge in [0, 0.05) is 52.7 Å². The Morgan fingerprint density at radius 3 is 2.12 bits per heavy atom. The van der Waals surface area contributed by atoms with Crippen molar-refractivity contribution in [3.8, 4) is 0 Å². The Morgan fingerprint density at radius 1 is 1.12 bits per heavy atom. The van der Waals surface area contributed by atoms with Gasteiger partial charge in [-0.3, -0.25) is 14.6 Å². The number of hydrogen-bond acceptors (Lipinski definition) is 5. The highest BCUT2D eigenvalue weighted by molar-refractivity contribution is 5.65. The fourth-order valence-electron chi connectivity index (χ4n) is 1.90. The molecule has 0 aromatic rings. The summed E-state index contributed by atoms with van der Waals surface area (Å²) in [6.45, 7) is 9.50. The number of likely N-dealkylation sites (N-methyl/N-ethyl adjacent to an activating group) is 1. The number of hydrogen-bond donors (Lipinski definition) is 0. The Bertz CT molecular complexity index is 226. The van der Waals surface area contributed by atoms with Crippen LogP contribution in [0.2, 0.25) is 0 Å². The Kier molecular flexibility index (Phi) is 6.47. The molecule has 0 atom stereocenters. The maximum Gasteiger partial charge on any atom is 0.302 e. The summed E-state index contributed by atoms with van der Waals surface area (Å²) in [5.74, 6) is -0.186. The smallest absolute Gasteiger partial charge is 0.302 e. The molecular weight excluding hydrogens is 218 g/mol. The van der Waals surface area contributed by atoms with Crippen LogP contribution in [0.3, 0.4) is 0 Å². The predicted octanol–water partition coefficient (Wildman–Crippen LogP) is -0.271. The average Bonchev–Trinajstić information content (AvgIpc) is 2.27. The summed E-state index contributed by atoms with van der Waals surface area (Å²) in [6, 6.07) is 0. The molecule has 0 saturated carbocycles. The van der Waals surface area contributed by atoms with E-state index in [2.05, 4.69) is 28.8 Å². The van der Waals surface area contributed by atoms with Gasteiger partial charge in [0.05, 0.1) is 0 Å². The van der Waals surface area contributed by atoms with Crippen LogP contribution in [-0.2, 0) is 9.53 Å². The van der Waals surface area contributed by atoms with Crippen molar-refractivity contribution in [2.24, 2.45) is 0 Å². The predicted molar refractivity (Wildman–Crippen MR) is 68.1 cm³/mol. The van der Waals surface area contributed by atoms with Crippen molar-refractivity contribution >= 4 is 5.97 Å². The lowest BCUT2D eigenvalue weighted by Crippen LogP contribution is -2.48. The average molecular weight is 243 g/mol. The van der Waals surface area contributed by atoms with E-state index in [-0.39, 0.29) is 5.97 Å². The van der Waals surface area contributed by atoms with E-state index in [9.17, 15) is 4.79 Å². The first kappa shape index (κ1) is 14.4. The number of ether oxygens (including phenoxy) is 1. The van der Waals surface area contributed by atoms with Crippen LogP contribution in [0, 0.1) is 0 Å². The third-order valence-electron chi connectivity index (χ3n) is 3.04. The molecule has 1 aliphatic heterocycles. The Morgan fingerprint density at radius 2 is 1.65 bits per heavy atom. The number of rotatable bonds is 6. The van der Waals surface area contributed by atoms with Gasteiger partial charge in [-0.15, -0.1) is 0 Å². The van der Waals surface area contributed by atoms with Gasteiger partial charge in [0.15, 0.2) is 0 Å². The second kappa shape index (κ2) is 7.63. The minimum absolute atomic E-state index is 0.186. The molecule has 0 bridgehead atoms. The molecule has 0 N–H and O–H groups in total. The number of carbonyl (C=O) groups excluding carboxylic acids is 1. The van der Waals surface area contributed by atoms with Crippen molar-refractivity contribution in [2.45, 2.75) is 6.92 Å². The summed E-state index contributed by atoms with van der Waals surface area (Å²) in [5, 5.41) is 0. The normalized spacial score (nSPS) is 18.6. The van der Waals surface area contributed by atoms with E-state index < -0.39 is 0 Å². The lowest BCUT2D eigenvalue weighted by atomic mass is 10.3. The first-order valence-corrected chi connectivity index (χ1v) is 6.30. The molecule has 0 radical (unpaired) electrons. The third-order valence-corrected chi connectivity index (χ3v) is 3.04. The van der Waals surface area contributed by atoms with E-state index in [0.717, 1.165) is 45.8 Å². The standard InChI is InChI=1S/C12H25N3O2/c1-12(16)17-11-10-15-8-6-14(7-9-15)5-4-13(2)3/h4-11H2,1-3H3. The zero-order valence-corrected chi connectivity index (χ0v) is 11.3. The zero-order valence-electron chi connectivity index (χ0n) is 11.3. The molecule has 0 aromatic carbocycles. The van der Waals surface area contributed by atoms with Crippen molar-refractivity contribution in [1.82, 2.24) is 14.7 Å². The van der Waals surface area contributed by atoms with E-state index in [0.29, 0.717) is 6.61 Å². The second-order valence-corrected chi connectivity index (χ2v) is 4.83. The van der Waals surface area contributed by atoms with Crippen LogP contribution >= 0.6 is 0 Å². The third kappa shape index (κ3) is 6.61. The van der Waals surface area contributed by atoms with Gasteiger partial charge in [-0.1, -0.05) is 0 Å². The lowest BCUT2D eigenvalue weighted by Gasteiger charge is -2.34. The minimum Gasteiger partial charge on any atom is -0.465 e. The van der Waals surface area contributed by atoms with Crippen LogP contribution in [0.1, 0.15) is 6.92 Å². The van der Waals surface area contributed by atoms with E-state index in [1.807, 2.05) is 0 Å². The summed E-state index contributed by atoms with van der Waals surface area (Å²) in [5.41, 5.74) is 0. The van der Waals surface area contributed by atoms with Gasteiger partial charge in [-0.2, -0.15) is 0 Å². The molecular formula is C12H25N3O2. The van der Waals surface area contributed by atoms with Gasteiger partial charge in [-0.05, 0) is 14.1 Å². The summed E-state index contributed by atoms with van der Waals surface area (Å²) in [7, 11) is 4.21. The summed E-state index contributed by atoms with van der Waals surface area (Å²) >= 11 is 0. The number of carbonyl (C=O) groups is 1. The summed E-state index contributed by atoms with van der Waals surface area (Å²) in [6.07, 6.45) is 0. The SMILES string of the molecule is CC(=O)OCCN1CCN(CCN(C)C)CC1. The van der Waals surface area contributed by atoms with Crippen molar-refractivity contribution < 1.29 is 9.53 Å². The van der Waals surface area contributed by atoms with Crippen LogP contribution < -0.4 is 0 Å². The first-order chi connectivity index (χ1) is 8.08. The van der Waals surface area contributed by atoms with Crippen LogP contribution in [0.25, 0.3) is 0 Å². The molecule has 17 heavy (non-hydrogen) atoms. The van der Waals surface area contributed by atoms with Gasteiger partial charge in [0.2, 0.25) is 0 Å². The molecule has 5 nitrogen and oxygen atoms in total. The maximum atomic E-state index is 10.6. The van der Waals surface area contributed by atoms with Crippen molar-refractivity contribution in [2.75, 3.05) is 66.5 Å². The van der Waals surface area contributed by atoms with Crippen LogP contribution in [-0.4, -0.2) is 87.2 Å².